The van der Waals surface area contributed by atoms with E-state index in [1.165, 1.54) is 44.9 Å². The van der Waals surface area contributed by atoms with Crippen molar-refractivity contribution >= 4 is 5.71 Å². The predicted octanol–water partition coefficient (Wildman–Crippen LogP) is 5.21. The zero-order chi connectivity index (χ0) is 18.7. The maximum atomic E-state index is 9.34. The van der Waals surface area contributed by atoms with Gasteiger partial charge in [-0.3, -0.25) is 0 Å². The summed E-state index contributed by atoms with van der Waals surface area (Å²) in [6, 6.07) is 0. The highest BCUT2D eigenvalue weighted by Crippen LogP contribution is 2.78. The highest BCUT2D eigenvalue weighted by Gasteiger charge is 2.77. The van der Waals surface area contributed by atoms with Gasteiger partial charge in [-0.05, 0) is 105 Å². The van der Waals surface area contributed by atoms with E-state index in [0.29, 0.717) is 5.41 Å². The van der Waals surface area contributed by atoms with Crippen molar-refractivity contribution in [1.29, 1.82) is 0 Å². The summed E-state index contributed by atoms with van der Waals surface area (Å²) in [6.45, 7) is 3.45. The van der Waals surface area contributed by atoms with Crippen molar-refractivity contribution in [2.45, 2.75) is 63.9 Å². The molecule has 0 bridgehead atoms. The second-order valence-corrected chi connectivity index (χ2v) is 11.4. The van der Waals surface area contributed by atoms with Crippen LogP contribution in [0, 0.1) is 52.8 Å². The minimum atomic E-state index is 0.0702. The molecular weight excluding hydrogens is 346 g/mol. The lowest BCUT2D eigenvalue weighted by Gasteiger charge is -2.59. The Morgan fingerprint density at radius 1 is 1.14 bits per heavy atom. The zero-order valence-electron chi connectivity index (χ0n) is 17.0. The van der Waals surface area contributed by atoms with E-state index >= 15 is 0 Å². The van der Waals surface area contributed by atoms with Crippen molar-refractivity contribution in [2.24, 2.45) is 57.9 Å². The second-order valence-electron chi connectivity index (χ2n) is 11.4. The summed E-state index contributed by atoms with van der Waals surface area (Å²) in [7, 11) is 0. The Labute approximate surface area is 168 Å². The minimum absolute atomic E-state index is 0.0702. The molecule has 6 aliphatic carbocycles. The van der Waals surface area contributed by atoms with Gasteiger partial charge in [0, 0.05) is 5.41 Å². The van der Waals surface area contributed by atoms with Crippen LogP contribution in [-0.2, 0) is 4.74 Å². The van der Waals surface area contributed by atoms with Gasteiger partial charge in [-0.15, -0.1) is 0 Å². The number of rotatable bonds is 1. The maximum absolute atomic E-state index is 9.34. The van der Waals surface area contributed by atoms with E-state index in [0.717, 1.165) is 66.1 Å². The molecule has 7 rings (SSSR count). The minimum Gasteiger partial charge on any atom is -0.411 e. The molecule has 5 fully saturated rings. The van der Waals surface area contributed by atoms with Gasteiger partial charge in [0.25, 0.3) is 0 Å². The molecule has 0 unspecified atom stereocenters. The van der Waals surface area contributed by atoms with Crippen molar-refractivity contribution in [2.75, 3.05) is 6.61 Å². The molecule has 0 aromatic carbocycles. The van der Waals surface area contributed by atoms with Gasteiger partial charge in [-0.2, -0.15) is 0 Å². The van der Waals surface area contributed by atoms with Crippen LogP contribution in [0.4, 0.5) is 0 Å². The summed E-state index contributed by atoms with van der Waals surface area (Å²) in [5.74, 6) is 6.96. The first-order valence-corrected chi connectivity index (χ1v) is 11.9. The molecule has 1 N–H and O–H groups in total. The summed E-state index contributed by atoms with van der Waals surface area (Å²) in [5.41, 5.74) is 2.99. The van der Waals surface area contributed by atoms with Crippen LogP contribution in [0.25, 0.3) is 0 Å². The number of hydrogen-bond donors (Lipinski definition) is 1. The molecule has 3 heteroatoms. The van der Waals surface area contributed by atoms with E-state index in [9.17, 15) is 5.21 Å². The summed E-state index contributed by atoms with van der Waals surface area (Å²) >= 11 is 0. The van der Waals surface area contributed by atoms with Gasteiger partial charge in [0.05, 0.1) is 17.9 Å². The molecule has 0 aromatic heterocycles. The van der Waals surface area contributed by atoms with Crippen molar-refractivity contribution in [3.05, 3.63) is 23.8 Å². The second kappa shape index (κ2) is 5.33. The molecule has 3 nitrogen and oxygen atoms in total. The standard InChI is InChI=1S/C25H33NO2/c1-24-9-7-18-17-6-5-16(26-27)11-15(17)12-19(14-3-4-14)22(18)23(24)20-13-21(20)25(24)8-2-10-28-25/h2,8,11,14,17-23,27H,3-7,9-10,12-13H2,1H3/b26-16+/t17-,18+,19-,20+,21-,22-,23-,24-,25-/m0/s1. The lowest BCUT2D eigenvalue weighted by Crippen LogP contribution is -2.56. The Kier molecular flexibility index (Phi) is 3.18. The Morgan fingerprint density at radius 2 is 2.04 bits per heavy atom. The van der Waals surface area contributed by atoms with Gasteiger partial charge in [-0.25, -0.2) is 0 Å². The van der Waals surface area contributed by atoms with Crippen molar-refractivity contribution in [3.63, 3.8) is 0 Å². The van der Waals surface area contributed by atoms with Gasteiger partial charge in [0.15, 0.2) is 0 Å². The average molecular weight is 380 g/mol. The predicted molar refractivity (Wildman–Crippen MR) is 108 cm³/mol. The number of ether oxygens (including phenoxy) is 1. The normalized spacial score (nSPS) is 57.5. The SMILES string of the molecule is C[C@]12CC[C@H]3[C@H]([C@@H]1[C@@H]1C[C@@H]1[C@@]21C=CCO1)[C@H](C1CC1)CC1=C/C(=N/O)CC[C@@H]13. The first-order valence-electron chi connectivity index (χ1n) is 11.9. The molecule has 0 amide bonds. The van der Waals surface area contributed by atoms with E-state index in [4.69, 9.17) is 4.74 Å². The van der Waals surface area contributed by atoms with Crippen LogP contribution < -0.4 is 0 Å². The highest BCUT2D eigenvalue weighted by atomic mass is 16.5. The lowest BCUT2D eigenvalue weighted by molar-refractivity contribution is -0.142. The monoisotopic (exact) mass is 379 g/mol. The van der Waals surface area contributed by atoms with E-state index < -0.39 is 0 Å². The van der Waals surface area contributed by atoms with Gasteiger partial charge >= 0.3 is 0 Å². The van der Waals surface area contributed by atoms with E-state index in [-0.39, 0.29) is 5.60 Å². The number of nitrogens with zero attached hydrogens (tertiary/aromatic N) is 1. The molecule has 9 atom stereocenters. The fraction of sp³-hybridized carbons (Fsp3) is 0.800. The smallest absolute Gasteiger partial charge is 0.0954 e. The van der Waals surface area contributed by atoms with E-state index in [2.05, 4.69) is 30.3 Å². The Bertz CT molecular complexity index is 809. The third kappa shape index (κ3) is 1.89. The molecule has 150 valence electrons. The summed E-state index contributed by atoms with van der Waals surface area (Å²) in [5, 5.41) is 12.9. The van der Waals surface area contributed by atoms with Crippen LogP contribution in [0.1, 0.15) is 58.3 Å². The first-order chi connectivity index (χ1) is 13.7. The number of allylic oxidation sites excluding steroid dienone is 2. The highest BCUT2D eigenvalue weighted by molar-refractivity contribution is 5.96. The molecular formula is C25H33NO2. The summed E-state index contributed by atoms with van der Waals surface area (Å²) in [6.07, 6.45) is 17.6. The molecule has 0 radical (unpaired) electrons. The topological polar surface area (TPSA) is 41.8 Å². The molecule has 1 heterocycles. The van der Waals surface area contributed by atoms with Crippen molar-refractivity contribution < 1.29 is 9.94 Å². The third-order valence-electron chi connectivity index (χ3n) is 10.5. The van der Waals surface area contributed by atoms with Gasteiger partial charge < -0.3 is 9.94 Å². The third-order valence-corrected chi connectivity index (χ3v) is 10.5. The quantitative estimate of drug-likeness (QED) is 0.386. The molecule has 0 saturated heterocycles. The molecule has 5 saturated carbocycles. The van der Waals surface area contributed by atoms with Crippen LogP contribution in [0.15, 0.2) is 29.0 Å². The van der Waals surface area contributed by atoms with Gasteiger partial charge in [0.2, 0.25) is 0 Å². The molecule has 1 aliphatic heterocycles. The Hall–Kier alpha value is -1.09. The largest absolute Gasteiger partial charge is 0.411 e. The van der Waals surface area contributed by atoms with E-state index in [1.54, 1.807) is 5.57 Å². The van der Waals surface area contributed by atoms with Crippen molar-refractivity contribution in [3.8, 4) is 0 Å². The van der Waals surface area contributed by atoms with Crippen molar-refractivity contribution in [1.82, 2.24) is 0 Å². The fourth-order valence-corrected chi connectivity index (χ4v) is 9.43. The molecule has 0 aromatic rings. The molecule has 1 spiro atoms. The zero-order valence-corrected chi connectivity index (χ0v) is 17.0. The fourth-order valence-electron chi connectivity index (χ4n) is 9.43. The Balaban J connectivity index is 1.32. The van der Waals surface area contributed by atoms with Crippen LogP contribution in [0.3, 0.4) is 0 Å². The first kappa shape index (κ1) is 16.7. The maximum Gasteiger partial charge on any atom is 0.0954 e. The van der Waals surface area contributed by atoms with Crippen LogP contribution >= 0.6 is 0 Å². The average Bonchev–Trinajstić information content (AvgIpc) is 3.64. The summed E-state index contributed by atoms with van der Waals surface area (Å²) in [4.78, 5) is 0. The number of hydrogen-bond acceptors (Lipinski definition) is 3. The van der Waals surface area contributed by atoms with Crippen LogP contribution in [0.2, 0.25) is 0 Å². The van der Waals surface area contributed by atoms with Crippen LogP contribution in [-0.4, -0.2) is 23.1 Å². The van der Waals surface area contributed by atoms with Gasteiger partial charge in [-0.1, -0.05) is 29.8 Å². The number of fused-ring (bicyclic) bond motifs is 9. The molecule has 28 heavy (non-hydrogen) atoms. The van der Waals surface area contributed by atoms with E-state index in [1.807, 2.05) is 0 Å². The molecule has 7 aliphatic rings. The lowest BCUT2D eigenvalue weighted by atomic mass is 9.46. The number of oxime groups is 1. The Morgan fingerprint density at radius 3 is 2.79 bits per heavy atom. The summed E-state index contributed by atoms with van der Waals surface area (Å²) < 4.78 is 6.59. The van der Waals surface area contributed by atoms with Gasteiger partial charge in [0.1, 0.15) is 0 Å². The van der Waals surface area contributed by atoms with Crippen LogP contribution in [0.5, 0.6) is 0 Å².